The Bertz CT molecular complexity index is 1250. The molecule has 32 heavy (non-hydrogen) atoms. The van der Waals surface area contributed by atoms with Gasteiger partial charge in [-0.25, -0.2) is 13.4 Å². The number of hydrogen-bond acceptors (Lipinski definition) is 10. The highest BCUT2D eigenvalue weighted by Gasteiger charge is 2.22. The van der Waals surface area contributed by atoms with E-state index in [0.29, 0.717) is 17.1 Å². The number of nitrogens with one attached hydrogen (secondary N) is 2. The molecule has 3 aromatic rings. The first-order valence-electron chi connectivity index (χ1n) is 9.09. The standard InChI is InChI=1S/C20H21N5O6S/c1-28-14-7-5-6-8-15(14)31-16-19(25-32(4,26)27)23-18(24-20(16)30-3)12-9-10-22-13(11-12)17(21)29-2/h5-11,21H,1-4H3,(H,23,24,25). The van der Waals surface area contributed by atoms with E-state index in [2.05, 4.69) is 19.7 Å². The number of nitrogens with zero attached hydrogens (tertiary/aromatic N) is 3. The number of benzene rings is 1. The zero-order chi connectivity index (χ0) is 23.3. The molecule has 0 aliphatic carbocycles. The van der Waals surface area contributed by atoms with Gasteiger partial charge in [-0.1, -0.05) is 12.1 Å². The second-order valence-corrected chi connectivity index (χ2v) is 8.07. The molecule has 11 nitrogen and oxygen atoms in total. The summed E-state index contributed by atoms with van der Waals surface area (Å²) in [7, 11) is 0.469. The maximum Gasteiger partial charge on any atom is 0.263 e. The van der Waals surface area contributed by atoms with Crippen LogP contribution in [-0.2, 0) is 14.8 Å². The van der Waals surface area contributed by atoms with Gasteiger partial charge >= 0.3 is 0 Å². The number of hydrogen-bond donors (Lipinski definition) is 2. The van der Waals surface area contributed by atoms with Gasteiger partial charge in [0.15, 0.2) is 23.1 Å². The van der Waals surface area contributed by atoms with Crippen molar-refractivity contribution < 1.29 is 27.4 Å². The molecule has 2 N–H and O–H groups in total. The molecular formula is C20H21N5O6S. The summed E-state index contributed by atoms with van der Waals surface area (Å²) in [5.74, 6) is 0.483. The molecule has 3 rings (SSSR count). The summed E-state index contributed by atoms with van der Waals surface area (Å²) in [4.78, 5) is 12.8. The van der Waals surface area contributed by atoms with Crippen LogP contribution in [0.5, 0.6) is 23.1 Å². The smallest absolute Gasteiger partial charge is 0.263 e. The molecule has 0 spiro atoms. The molecule has 12 heteroatoms. The molecule has 0 radical (unpaired) electrons. The lowest BCUT2D eigenvalue weighted by molar-refractivity contribution is 0.348. The molecule has 0 unspecified atom stereocenters. The van der Waals surface area contributed by atoms with Gasteiger partial charge in [0, 0.05) is 11.8 Å². The maximum atomic E-state index is 12.0. The molecule has 1 aromatic carbocycles. The first kappa shape index (κ1) is 22.7. The molecule has 0 fully saturated rings. The fraction of sp³-hybridized carbons (Fsp3) is 0.200. The largest absolute Gasteiger partial charge is 0.493 e. The molecule has 0 amide bonds. The maximum absolute atomic E-state index is 12.0. The van der Waals surface area contributed by atoms with Crippen molar-refractivity contribution in [3.05, 3.63) is 48.3 Å². The Morgan fingerprint density at radius 3 is 2.38 bits per heavy atom. The minimum atomic E-state index is -3.73. The Morgan fingerprint density at radius 2 is 1.75 bits per heavy atom. The third-order valence-electron chi connectivity index (χ3n) is 4.05. The number of rotatable bonds is 8. The van der Waals surface area contributed by atoms with E-state index in [4.69, 9.17) is 24.4 Å². The first-order chi connectivity index (χ1) is 15.3. The predicted octanol–water partition coefficient (Wildman–Crippen LogP) is 2.69. The van der Waals surface area contributed by atoms with Gasteiger partial charge in [0.1, 0.15) is 5.69 Å². The van der Waals surface area contributed by atoms with Crippen molar-refractivity contribution in [3.63, 3.8) is 0 Å². The van der Waals surface area contributed by atoms with Crippen molar-refractivity contribution in [2.75, 3.05) is 32.3 Å². The van der Waals surface area contributed by atoms with Gasteiger partial charge in [-0.15, -0.1) is 0 Å². The third kappa shape index (κ3) is 5.21. The second-order valence-electron chi connectivity index (χ2n) is 6.32. The van der Waals surface area contributed by atoms with E-state index < -0.39 is 10.0 Å². The minimum absolute atomic E-state index is 0.0211. The monoisotopic (exact) mass is 459 g/mol. The van der Waals surface area contributed by atoms with E-state index in [-0.39, 0.29) is 34.9 Å². The zero-order valence-electron chi connectivity index (χ0n) is 17.7. The van der Waals surface area contributed by atoms with E-state index in [9.17, 15) is 8.42 Å². The van der Waals surface area contributed by atoms with Crippen LogP contribution in [0.4, 0.5) is 5.82 Å². The molecule has 0 saturated carbocycles. The van der Waals surface area contributed by atoms with Gasteiger partial charge in [-0.2, -0.15) is 4.98 Å². The van der Waals surface area contributed by atoms with Crippen LogP contribution in [0.15, 0.2) is 42.6 Å². The molecule has 2 heterocycles. The molecular weight excluding hydrogens is 438 g/mol. The van der Waals surface area contributed by atoms with Crippen molar-refractivity contribution in [2.45, 2.75) is 0 Å². The summed E-state index contributed by atoms with van der Waals surface area (Å²) < 4.78 is 47.8. The number of ether oxygens (including phenoxy) is 4. The summed E-state index contributed by atoms with van der Waals surface area (Å²) in [6, 6.07) is 9.95. The van der Waals surface area contributed by atoms with Crippen molar-refractivity contribution >= 4 is 21.7 Å². The van der Waals surface area contributed by atoms with E-state index in [1.165, 1.54) is 33.6 Å². The van der Waals surface area contributed by atoms with Crippen LogP contribution < -0.4 is 18.9 Å². The molecule has 0 aliphatic heterocycles. The van der Waals surface area contributed by atoms with Crippen molar-refractivity contribution in [1.29, 1.82) is 5.41 Å². The number of aromatic nitrogens is 3. The van der Waals surface area contributed by atoms with Crippen LogP contribution in [-0.4, -0.2) is 56.9 Å². The summed E-state index contributed by atoms with van der Waals surface area (Å²) in [5.41, 5.74) is 0.704. The molecule has 0 atom stereocenters. The Kier molecular flexibility index (Phi) is 6.73. The number of sulfonamides is 1. The average Bonchev–Trinajstić information content (AvgIpc) is 2.78. The predicted molar refractivity (Wildman–Crippen MR) is 117 cm³/mol. The molecule has 168 valence electrons. The van der Waals surface area contributed by atoms with Crippen molar-refractivity contribution in [3.8, 4) is 34.5 Å². The van der Waals surface area contributed by atoms with Crippen LogP contribution in [0.25, 0.3) is 11.4 Å². The van der Waals surface area contributed by atoms with Gasteiger partial charge in [-0.05, 0) is 24.3 Å². The van der Waals surface area contributed by atoms with Crippen molar-refractivity contribution in [2.24, 2.45) is 0 Å². The van der Waals surface area contributed by atoms with E-state index in [1.807, 2.05) is 0 Å². The van der Waals surface area contributed by atoms with Crippen LogP contribution >= 0.6 is 0 Å². The first-order valence-corrected chi connectivity index (χ1v) is 11.0. The fourth-order valence-electron chi connectivity index (χ4n) is 2.65. The van der Waals surface area contributed by atoms with Crippen LogP contribution in [0.1, 0.15) is 5.69 Å². The molecule has 0 bridgehead atoms. The number of pyridine rings is 1. The van der Waals surface area contributed by atoms with Gasteiger partial charge in [-0.3, -0.25) is 15.1 Å². The highest BCUT2D eigenvalue weighted by Crippen LogP contribution is 2.41. The minimum Gasteiger partial charge on any atom is -0.493 e. The number of methoxy groups -OCH3 is 3. The third-order valence-corrected chi connectivity index (χ3v) is 4.61. The normalized spacial score (nSPS) is 10.9. The Morgan fingerprint density at radius 1 is 1.03 bits per heavy atom. The van der Waals surface area contributed by atoms with Gasteiger partial charge in [0.2, 0.25) is 21.7 Å². The lowest BCUT2D eigenvalue weighted by Gasteiger charge is -2.16. The summed E-state index contributed by atoms with van der Waals surface area (Å²) in [6.07, 6.45) is 2.44. The molecule has 0 saturated heterocycles. The average molecular weight is 459 g/mol. The highest BCUT2D eigenvalue weighted by atomic mass is 32.2. The van der Waals surface area contributed by atoms with E-state index in [1.54, 1.807) is 30.3 Å². The van der Waals surface area contributed by atoms with Gasteiger partial charge in [0.25, 0.3) is 5.88 Å². The van der Waals surface area contributed by atoms with Gasteiger partial charge < -0.3 is 18.9 Å². The van der Waals surface area contributed by atoms with Crippen LogP contribution in [0, 0.1) is 5.41 Å². The Hall–Kier alpha value is -3.93. The SMILES string of the molecule is COC(=N)c1cc(-c2nc(NS(C)(=O)=O)c(Oc3ccccc3OC)c(OC)n2)ccn1. The summed E-state index contributed by atoms with van der Waals surface area (Å²) in [6.45, 7) is 0. The van der Waals surface area contributed by atoms with Crippen LogP contribution in [0.2, 0.25) is 0 Å². The Labute approximate surface area is 184 Å². The number of anilines is 1. The lowest BCUT2D eigenvalue weighted by Crippen LogP contribution is -2.13. The van der Waals surface area contributed by atoms with Crippen molar-refractivity contribution in [1.82, 2.24) is 15.0 Å². The lowest BCUT2D eigenvalue weighted by atomic mass is 10.2. The fourth-order valence-corrected chi connectivity index (χ4v) is 3.14. The Balaban J connectivity index is 2.17. The van der Waals surface area contributed by atoms with E-state index >= 15 is 0 Å². The van der Waals surface area contributed by atoms with Gasteiger partial charge in [0.05, 0.1) is 27.6 Å². The zero-order valence-corrected chi connectivity index (χ0v) is 18.6. The second kappa shape index (κ2) is 9.47. The summed E-state index contributed by atoms with van der Waals surface area (Å²) in [5, 5.41) is 7.80. The topological polar surface area (TPSA) is 146 Å². The molecule has 2 aromatic heterocycles. The van der Waals surface area contributed by atoms with Crippen LogP contribution in [0.3, 0.4) is 0 Å². The molecule has 0 aliphatic rings. The highest BCUT2D eigenvalue weighted by molar-refractivity contribution is 7.92. The quantitative estimate of drug-likeness (QED) is 0.383. The van der Waals surface area contributed by atoms with E-state index in [0.717, 1.165) is 6.26 Å². The number of para-hydroxylation sites is 2. The summed E-state index contributed by atoms with van der Waals surface area (Å²) >= 11 is 0.